The number of hydrogen-bond acceptors (Lipinski definition) is 3. The Balaban J connectivity index is 2.63. The van der Waals surface area contributed by atoms with Crippen LogP contribution in [0.3, 0.4) is 0 Å². The summed E-state index contributed by atoms with van der Waals surface area (Å²) in [6.45, 7) is 3.42. The average Bonchev–Trinajstić information content (AvgIpc) is 2.38. The smallest absolute Gasteiger partial charge is 0.319 e. The van der Waals surface area contributed by atoms with E-state index in [2.05, 4.69) is 17.6 Å². The summed E-state index contributed by atoms with van der Waals surface area (Å²) in [5.74, 6) is 0.0908. The zero-order valence-corrected chi connectivity index (χ0v) is 12.6. The number of carbonyl (C=O) groups excluding carboxylic acids is 1. The highest BCUT2D eigenvalue weighted by molar-refractivity contribution is 5.91. The Hall–Kier alpha value is -1.75. The van der Waals surface area contributed by atoms with Gasteiger partial charge < -0.3 is 20.6 Å². The number of rotatable bonds is 7. The van der Waals surface area contributed by atoms with E-state index in [9.17, 15) is 9.90 Å². The van der Waals surface area contributed by atoms with Crippen molar-refractivity contribution in [3.05, 3.63) is 23.8 Å². The van der Waals surface area contributed by atoms with Crippen molar-refractivity contribution < 1.29 is 9.90 Å². The number of phenols is 1. The number of anilines is 1. The molecule has 5 nitrogen and oxygen atoms in total. The van der Waals surface area contributed by atoms with Gasteiger partial charge in [0.25, 0.3) is 0 Å². The monoisotopic (exact) mass is 279 g/mol. The second-order valence-corrected chi connectivity index (χ2v) is 5.14. The minimum atomic E-state index is -0.275. The average molecular weight is 279 g/mol. The number of aromatic hydroxyl groups is 1. The summed E-state index contributed by atoms with van der Waals surface area (Å²) in [5, 5.41) is 15.4. The Kier molecular flexibility index (Phi) is 6.87. The number of nitrogens with zero attached hydrogens (tertiary/aromatic N) is 1. The number of hydrogen-bond donors (Lipinski definition) is 3. The number of unbranched alkanes of at least 4 members (excludes halogenated alkanes) is 2. The molecule has 1 aromatic carbocycles. The van der Waals surface area contributed by atoms with Gasteiger partial charge in [0.15, 0.2) is 0 Å². The molecule has 0 radical (unpaired) electrons. The van der Waals surface area contributed by atoms with Crippen LogP contribution in [0.25, 0.3) is 0 Å². The van der Waals surface area contributed by atoms with Crippen LogP contribution in [0.1, 0.15) is 31.7 Å². The molecule has 3 N–H and O–H groups in total. The standard InChI is InChI=1S/C15H25N3O2/c1-4-5-6-10-16-15(20)17-14-12(11-18(2)3)8-7-9-13(14)19/h7-9,19H,4-6,10-11H2,1-3H3,(H2,16,17,20). The molecule has 5 heteroatoms. The predicted octanol–water partition coefficient (Wildman–Crippen LogP) is 2.77. The van der Waals surface area contributed by atoms with E-state index >= 15 is 0 Å². The summed E-state index contributed by atoms with van der Waals surface area (Å²) < 4.78 is 0. The third kappa shape index (κ3) is 5.48. The topological polar surface area (TPSA) is 64.6 Å². The van der Waals surface area contributed by atoms with Crippen molar-refractivity contribution in [2.75, 3.05) is 26.0 Å². The molecule has 1 aromatic rings. The molecule has 0 fully saturated rings. The Morgan fingerprint density at radius 2 is 2.05 bits per heavy atom. The van der Waals surface area contributed by atoms with E-state index in [4.69, 9.17) is 0 Å². The number of urea groups is 1. The van der Waals surface area contributed by atoms with E-state index in [0.29, 0.717) is 18.8 Å². The summed E-state index contributed by atoms with van der Waals surface area (Å²) in [6, 6.07) is 4.97. The first kappa shape index (κ1) is 16.3. The second-order valence-electron chi connectivity index (χ2n) is 5.14. The number of carbonyl (C=O) groups is 1. The maximum absolute atomic E-state index is 11.8. The van der Waals surface area contributed by atoms with Crippen LogP contribution in [-0.4, -0.2) is 36.7 Å². The fourth-order valence-corrected chi connectivity index (χ4v) is 1.94. The highest BCUT2D eigenvalue weighted by Crippen LogP contribution is 2.27. The van der Waals surface area contributed by atoms with Gasteiger partial charge in [0, 0.05) is 13.1 Å². The fraction of sp³-hybridized carbons (Fsp3) is 0.533. The van der Waals surface area contributed by atoms with Gasteiger partial charge in [-0.15, -0.1) is 0 Å². The molecular formula is C15H25N3O2. The molecule has 0 saturated heterocycles. The molecule has 0 heterocycles. The summed E-state index contributed by atoms with van der Waals surface area (Å²) in [7, 11) is 3.89. The molecule has 0 aliphatic heterocycles. The minimum Gasteiger partial charge on any atom is -0.506 e. The first-order chi connectivity index (χ1) is 9.54. The molecule has 0 bridgehead atoms. The first-order valence-electron chi connectivity index (χ1n) is 7.05. The molecule has 20 heavy (non-hydrogen) atoms. The van der Waals surface area contributed by atoms with E-state index in [0.717, 1.165) is 24.8 Å². The number of nitrogens with one attached hydrogen (secondary N) is 2. The van der Waals surface area contributed by atoms with Crippen molar-refractivity contribution in [1.29, 1.82) is 0 Å². The Bertz CT molecular complexity index is 433. The van der Waals surface area contributed by atoms with E-state index in [1.165, 1.54) is 0 Å². The van der Waals surface area contributed by atoms with Crippen LogP contribution in [-0.2, 0) is 6.54 Å². The van der Waals surface area contributed by atoms with E-state index < -0.39 is 0 Å². The Labute approximate surface area is 121 Å². The Morgan fingerprint density at radius 1 is 1.30 bits per heavy atom. The van der Waals surface area contributed by atoms with Crippen LogP contribution < -0.4 is 10.6 Å². The van der Waals surface area contributed by atoms with Gasteiger partial charge in [0.1, 0.15) is 5.75 Å². The molecule has 112 valence electrons. The molecule has 1 rings (SSSR count). The van der Waals surface area contributed by atoms with E-state index in [1.807, 2.05) is 25.1 Å². The Morgan fingerprint density at radius 3 is 2.70 bits per heavy atom. The maximum Gasteiger partial charge on any atom is 0.319 e. The molecule has 0 aliphatic carbocycles. The highest BCUT2D eigenvalue weighted by atomic mass is 16.3. The quantitative estimate of drug-likeness (QED) is 0.531. The lowest BCUT2D eigenvalue weighted by Crippen LogP contribution is -2.30. The van der Waals surface area contributed by atoms with Crippen molar-refractivity contribution in [3.63, 3.8) is 0 Å². The lowest BCUT2D eigenvalue weighted by Gasteiger charge is -2.16. The SMILES string of the molecule is CCCCCNC(=O)Nc1c(O)cccc1CN(C)C. The van der Waals surface area contributed by atoms with Crippen molar-refractivity contribution in [3.8, 4) is 5.75 Å². The minimum absolute atomic E-state index is 0.0908. The van der Waals surface area contributed by atoms with Gasteiger partial charge >= 0.3 is 6.03 Å². The fourth-order valence-electron chi connectivity index (χ4n) is 1.94. The number of amides is 2. The maximum atomic E-state index is 11.8. The molecule has 2 amide bonds. The van der Waals surface area contributed by atoms with Crippen LogP contribution >= 0.6 is 0 Å². The number of phenolic OH excluding ortho intramolecular Hbond substituents is 1. The van der Waals surface area contributed by atoms with Gasteiger partial charge in [-0.1, -0.05) is 31.9 Å². The van der Waals surface area contributed by atoms with Crippen LogP contribution in [0.2, 0.25) is 0 Å². The lowest BCUT2D eigenvalue weighted by atomic mass is 10.1. The van der Waals surface area contributed by atoms with Crippen LogP contribution in [0.15, 0.2) is 18.2 Å². The third-order valence-electron chi connectivity index (χ3n) is 2.92. The summed E-state index contributed by atoms with van der Waals surface area (Å²) in [4.78, 5) is 13.8. The van der Waals surface area contributed by atoms with Gasteiger partial charge in [0.2, 0.25) is 0 Å². The van der Waals surface area contributed by atoms with Crippen molar-refractivity contribution in [2.24, 2.45) is 0 Å². The van der Waals surface area contributed by atoms with Gasteiger partial charge in [-0.3, -0.25) is 0 Å². The van der Waals surface area contributed by atoms with Crippen LogP contribution in [0, 0.1) is 0 Å². The van der Waals surface area contributed by atoms with Gasteiger partial charge in [0.05, 0.1) is 5.69 Å². The summed E-state index contributed by atoms with van der Waals surface area (Å²) in [6.07, 6.45) is 3.19. The first-order valence-corrected chi connectivity index (χ1v) is 7.05. The molecule has 0 aromatic heterocycles. The van der Waals surface area contributed by atoms with Gasteiger partial charge in [-0.25, -0.2) is 4.79 Å². The van der Waals surface area contributed by atoms with Gasteiger partial charge in [-0.2, -0.15) is 0 Å². The van der Waals surface area contributed by atoms with Crippen LogP contribution in [0.5, 0.6) is 5.75 Å². The van der Waals surface area contributed by atoms with E-state index in [-0.39, 0.29) is 11.8 Å². The van der Waals surface area contributed by atoms with E-state index in [1.54, 1.807) is 12.1 Å². The molecule has 0 unspecified atom stereocenters. The lowest BCUT2D eigenvalue weighted by molar-refractivity contribution is 0.251. The second kappa shape index (κ2) is 8.43. The molecule has 0 atom stereocenters. The van der Waals surface area contributed by atoms with Crippen molar-refractivity contribution in [2.45, 2.75) is 32.7 Å². The molecule has 0 aliphatic rings. The number of para-hydroxylation sites is 1. The predicted molar refractivity (Wildman–Crippen MR) is 82.0 cm³/mol. The zero-order chi connectivity index (χ0) is 15.0. The molecular weight excluding hydrogens is 254 g/mol. The number of benzene rings is 1. The highest BCUT2D eigenvalue weighted by Gasteiger charge is 2.11. The van der Waals surface area contributed by atoms with Gasteiger partial charge in [-0.05, 0) is 32.1 Å². The molecule has 0 spiro atoms. The largest absolute Gasteiger partial charge is 0.506 e. The summed E-state index contributed by atoms with van der Waals surface area (Å²) in [5.41, 5.74) is 1.37. The summed E-state index contributed by atoms with van der Waals surface area (Å²) >= 11 is 0. The van der Waals surface area contributed by atoms with Crippen molar-refractivity contribution in [1.82, 2.24) is 10.2 Å². The third-order valence-corrected chi connectivity index (χ3v) is 2.92. The molecule has 0 saturated carbocycles. The normalized spacial score (nSPS) is 10.6. The zero-order valence-electron chi connectivity index (χ0n) is 12.6. The van der Waals surface area contributed by atoms with Crippen LogP contribution in [0.4, 0.5) is 10.5 Å². The van der Waals surface area contributed by atoms with Crippen molar-refractivity contribution >= 4 is 11.7 Å².